The summed E-state index contributed by atoms with van der Waals surface area (Å²) in [5, 5.41) is 5.75. The fraction of sp³-hybridized carbons (Fsp3) is 0.583. The van der Waals surface area contributed by atoms with Crippen LogP contribution < -0.4 is 14.9 Å². The number of imidazole rings is 1. The monoisotopic (exact) mass is 556 g/mol. The minimum Gasteiger partial charge on any atom is -0.381 e. The molecule has 0 bridgehead atoms. The quantitative estimate of drug-likeness (QED) is 0.568. The number of fused-ring (bicyclic) bond motifs is 1. The van der Waals surface area contributed by atoms with Gasteiger partial charge in [-0.05, 0) is 62.3 Å². The standard InChI is InChI=1S/C24H31F3N6O4S/c1-31(38(35,36)32-10-6-18(7-11-32)29-23(34)28-17-2-3-17)19-4-5-21-20(14-19)30-22(24(25,26)27)33(21)15-16-8-12-37-13-9-16/h4-5,14-15,17-18H,2-3,6-13H2,1H3,(H2,28,29,34). The summed E-state index contributed by atoms with van der Waals surface area (Å²) in [5.41, 5.74) is 1.32. The first kappa shape index (κ1) is 26.8. The second-order valence-corrected chi connectivity index (χ2v) is 11.9. The Bertz CT molecular complexity index is 1320. The van der Waals surface area contributed by atoms with Gasteiger partial charge in [-0.2, -0.15) is 25.9 Å². The van der Waals surface area contributed by atoms with Crippen LogP contribution >= 0.6 is 0 Å². The molecule has 3 fully saturated rings. The third-order valence-electron chi connectivity index (χ3n) is 7.11. The summed E-state index contributed by atoms with van der Waals surface area (Å²) < 4.78 is 76.8. The molecular weight excluding hydrogens is 525 g/mol. The van der Waals surface area contributed by atoms with Crippen molar-refractivity contribution in [3.8, 4) is 0 Å². The van der Waals surface area contributed by atoms with E-state index in [1.807, 2.05) is 0 Å². The lowest BCUT2D eigenvalue weighted by atomic mass is 10.1. The molecule has 5 rings (SSSR count). The Labute approximate surface area is 219 Å². The van der Waals surface area contributed by atoms with Crippen LogP contribution in [0.1, 0.15) is 44.3 Å². The van der Waals surface area contributed by atoms with E-state index in [-0.39, 0.29) is 47.9 Å². The van der Waals surface area contributed by atoms with Crippen LogP contribution in [0.4, 0.5) is 23.7 Å². The van der Waals surface area contributed by atoms with Crippen molar-refractivity contribution in [1.82, 2.24) is 24.5 Å². The number of nitrogens with zero attached hydrogens (tertiary/aromatic N) is 4. The molecule has 14 heteroatoms. The van der Waals surface area contributed by atoms with E-state index >= 15 is 0 Å². The van der Waals surface area contributed by atoms with Gasteiger partial charge >= 0.3 is 22.4 Å². The molecule has 38 heavy (non-hydrogen) atoms. The molecule has 0 radical (unpaired) electrons. The van der Waals surface area contributed by atoms with Gasteiger partial charge in [-0.25, -0.2) is 9.78 Å². The molecule has 2 aliphatic heterocycles. The average Bonchev–Trinajstić information content (AvgIpc) is 3.62. The Morgan fingerprint density at radius 2 is 1.74 bits per heavy atom. The Morgan fingerprint density at radius 3 is 2.34 bits per heavy atom. The molecule has 0 unspecified atom stereocenters. The van der Waals surface area contributed by atoms with Crippen molar-refractivity contribution in [2.45, 2.75) is 56.8 Å². The van der Waals surface area contributed by atoms with E-state index in [0.717, 1.165) is 27.3 Å². The largest absolute Gasteiger partial charge is 0.450 e. The second kappa shape index (κ2) is 10.4. The molecule has 3 heterocycles. The molecule has 1 aromatic carbocycles. The number of halogens is 3. The topological polar surface area (TPSA) is 109 Å². The van der Waals surface area contributed by atoms with E-state index < -0.39 is 22.2 Å². The van der Waals surface area contributed by atoms with E-state index in [1.165, 1.54) is 35.8 Å². The maximum atomic E-state index is 13.8. The first-order valence-corrected chi connectivity index (χ1v) is 14.1. The first-order chi connectivity index (χ1) is 18.0. The van der Waals surface area contributed by atoms with Crippen molar-refractivity contribution in [2.24, 2.45) is 0 Å². The highest BCUT2D eigenvalue weighted by molar-refractivity contribution is 7.90. The third-order valence-corrected chi connectivity index (χ3v) is 9.03. The van der Waals surface area contributed by atoms with Crippen molar-refractivity contribution >= 4 is 39.2 Å². The third kappa shape index (κ3) is 5.76. The van der Waals surface area contributed by atoms with Gasteiger partial charge in [0.25, 0.3) is 0 Å². The van der Waals surface area contributed by atoms with Crippen LogP contribution in [0.25, 0.3) is 17.2 Å². The Kier molecular flexibility index (Phi) is 7.31. The van der Waals surface area contributed by atoms with Crippen LogP contribution in [-0.2, 0) is 21.1 Å². The highest BCUT2D eigenvalue weighted by atomic mass is 32.2. The summed E-state index contributed by atoms with van der Waals surface area (Å²) >= 11 is 0. The molecule has 1 saturated carbocycles. The van der Waals surface area contributed by atoms with E-state index in [2.05, 4.69) is 15.6 Å². The molecule has 10 nitrogen and oxygen atoms in total. The molecule has 3 aliphatic rings. The van der Waals surface area contributed by atoms with Crippen LogP contribution in [0, 0.1) is 0 Å². The molecule has 0 atom stereocenters. The van der Waals surface area contributed by atoms with Gasteiger partial charge in [-0.3, -0.25) is 8.87 Å². The number of carbonyl (C=O) groups excluding carboxylic acids is 1. The lowest BCUT2D eigenvalue weighted by molar-refractivity contribution is -0.145. The first-order valence-electron chi connectivity index (χ1n) is 12.7. The number of urea groups is 1. The smallest absolute Gasteiger partial charge is 0.381 e. The molecule has 1 aromatic heterocycles. The zero-order valence-electron chi connectivity index (χ0n) is 21.0. The summed E-state index contributed by atoms with van der Waals surface area (Å²) in [6.07, 6.45) is 0.727. The number of alkyl halides is 3. The van der Waals surface area contributed by atoms with Gasteiger partial charge in [0.1, 0.15) is 0 Å². The minimum absolute atomic E-state index is 0.0466. The number of benzene rings is 1. The maximum absolute atomic E-state index is 13.8. The molecule has 2 N–H and O–H groups in total. The van der Waals surface area contributed by atoms with Gasteiger partial charge in [0.05, 0.1) is 29.9 Å². The van der Waals surface area contributed by atoms with Crippen LogP contribution in [-0.4, -0.2) is 73.7 Å². The fourth-order valence-electron chi connectivity index (χ4n) is 4.74. The molecular formula is C24H31F3N6O4S. The number of hydrogen-bond acceptors (Lipinski definition) is 5. The molecule has 0 spiro atoms. The van der Waals surface area contributed by atoms with Crippen molar-refractivity contribution in [3.63, 3.8) is 0 Å². The normalized spacial score (nSPS) is 19.9. The molecule has 208 valence electrons. The zero-order chi connectivity index (χ0) is 27.1. The maximum Gasteiger partial charge on any atom is 0.450 e. The Hall–Kier alpha value is -2.84. The number of aromatic nitrogens is 2. The summed E-state index contributed by atoms with van der Waals surface area (Å²) in [6.45, 7) is 1.34. The predicted octanol–water partition coefficient (Wildman–Crippen LogP) is 3.31. The van der Waals surface area contributed by atoms with Gasteiger partial charge in [-0.15, -0.1) is 0 Å². The number of amides is 2. The van der Waals surface area contributed by atoms with Crippen molar-refractivity contribution in [1.29, 1.82) is 0 Å². The summed E-state index contributed by atoms with van der Waals surface area (Å²) in [4.78, 5) is 15.8. The van der Waals surface area contributed by atoms with Crippen LogP contribution in [0.3, 0.4) is 0 Å². The molecule has 2 saturated heterocycles. The lowest BCUT2D eigenvalue weighted by Gasteiger charge is -2.34. The van der Waals surface area contributed by atoms with Crippen LogP contribution in [0.15, 0.2) is 23.8 Å². The Morgan fingerprint density at radius 1 is 1.11 bits per heavy atom. The van der Waals surface area contributed by atoms with Gasteiger partial charge in [0.2, 0.25) is 5.82 Å². The second-order valence-electron chi connectivity index (χ2n) is 9.92. The lowest BCUT2D eigenvalue weighted by Crippen LogP contribution is -2.51. The average molecular weight is 557 g/mol. The minimum atomic E-state index is -4.69. The van der Waals surface area contributed by atoms with Crippen LogP contribution in [0.2, 0.25) is 0 Å². The zero-order valence-corrected chi connectivity index (χ0v) is 21.8. The van der Waals surface area contributed by atoms with Crippen molar-refractivity contribution < 1.29 is 31.1 Å². The fourth-order valence-corrected chi connectivity index (χ4v) is 6.13. The number of piperidine rings is 1. The van der Waals surface area contributed by atoms with Crippen molar-refractivity contribution in [3.05, 3.63) is 29.6 Å². The summed E-state index contributed by atoms with van der Waals surface area (Å²) in [6, 6.07) is 4.18. The highest BCUT2D eigenvalue weighted by Crippen LogP contribution is 2.34. The van der Waals surface area contributed by atoms with Gasteiger partial charge in [-0.1, -0.05) is 0 Å². The van der Waals surface area contributed by atoms with Gasteiger partial charge < -0.3 is 15.4 Å². The summed E-state index contributed by atoms with van der Waals surface area (Å²) in [7, 11) is -2.57. The van der Waals surface area contributed by atoms with E-state index in [9.17, 15) is 26.4 Å². The van der Waals surface area contributed by atoms with Crippen LogP contribution in [0.5, 0.6) is 0 Å². The Balaban J connectivity index is 1.33. The number of rotatable bonds is 6. The summed E-state index contributed by atoms with van der Waals surface area (Å²) in [5.74, 6) is -1.06. The van der Waals surface area contributed by atoms with E-state index in [1.54, 1.807) is 0 Å². The number of carbonyl (C=O) groups is 1. The van der Waals surface area contributed by atoms with E-state index in [4.69, 9.17) is 4.74 Å². The van der Waals surface area contributed by atoms with Gasteiger partial charge in [0.15, 0.2) is 0 Å². The van der Waals surface area contributed by atoms with Gasteiger partial charge in [0, 0.05) is 38.4 Å². The molecule has 1 aliphatic carbocycles. The van der Waals surface area contributed by atoms with E-state index in [0.29, 0.717) is 38.9 Å². The SMILES string of the molecule is CN(c1ccc2c(c1)nc(C(F)(F)F)n2C=C1CCOCC1)S(=O)(=O)N1CCC(NC(=O)NC2CC2)CC1. The number of anilines is 1. The number of nitrogens with one attached hydrogen (secondary N) is 2. The number of ether oxygens (including phenoxy) is 1. The van der Waals surface area contributed by atoms with Crippen molar-refractivity contribution in [2.75, 3.05) is 37.7 Å². The molecule has 2 aromatic rings. The predicted molar refractivity (Wildman–Crippen MR) is 136 cm³/mol. The molecule has 2 amide bonds. The highest BCUT2D eigenvalue weighted by Gasteiger charge is 2.38. The number of hydrogen-bond donors (Lipinski definition) is 2.